The lowest BCUT2D eigenvalue weighted by Crippen LogP contribution is -2.31. The van der Waals surface area contributed by atoms with Gasteiger partial charge in [0.15, 0.2) is 5.82 Å². The van der Waals surface area contributed by atoms with Gasteiger partial charge in [0.05, 0.1) is 46.6 Å². The summed E-state index contributed by atoms with van der Waals surface area (Å²) < 4.78 is 57.0. The third kappa shape index (κ3) is 5.78. The van der Waals surface area contributed by atoms with E-state index in [4.69, 9.17) is 19.7 Å². The first-order valence-electron chi connectivity index (χ1n) is 13.4. The Bertz CT molecular complexity index is 1910. The number of pyridine rings is 1. The van der Waals surface area contributed by atoms with Crippen LogP contribution in [0.1, 0.15) is 39.3 Å². The van der Waals surface area contributed by atoms with Crippen molar-refractivity contribution < 1.29 is 32.5 Å². The number of ether oxygens (including phenoxy) is 2. The fraction of sp³-hybridized carbons (Fsp3) is 0.188. The summed E-state index contributed by atoms with van der Waals surface area (Å²) >= 11 is 0. The average molecular weight is 585 g/mol. The van der Waals surface area contributed by atoms with Gasteiger partial charge in [0, 0.05) is 24.2 Å². The lowest BCUT2D eigenvalue weighted by atomic mass is 10.0. The van der Waals surface area contributed by atoms with Crippen LogP contribution in [0.4, 0.5) is 13.2 Å². The second-order valence-corrected chi connectivity index (χ2v) is 10.1. The quantitative estimate of drug-likeness (QED) is 0.225. The highest BCUT2D eigenvalue weighted by Crippen LogP contribution is 2.28. The van der Waals surface area contributed by atoms with Crippen molar-refractivity contribution >= 4 is 17.0 Å². The van der Waals surface area contributed by atoms with E-state index < -0.39 is 29.3 Å². The Kier molecular flexibility index (Phi) is 7.52. The summed E-state index contributed by atoms with van der Waals surface area (Å²) in [5.74, 6) is -2.90. The molecule has 0 unspecified atom stereocenters. The van der Waals surface area contributed by atoms with Crippen LogP contribution in [0.5, 0.6) is 5.88 Å². The molecule has 2 aromatic heterocycles. The van der Waals surface area contributed by atoms with E-state index >= 15 is 4.39 Å². The van der Waals surface area contributed by atoms with E-state index in [1.165, 1.54) is 36.4 Å². The first-order valence-corrected chi connectivity index (χ1v) is 13.4. The molecule has 216 valence electrons. The van der Waals surface area contributed by atoms with Gasteiger partial charge < -0.3 is 19.1 Å². The fourth-order valence-corrected chi connectivity index (χ4v) is 4.89. The average Bonchev–Trinajstić information content (AvgIpc) is 3.31. The molecule has 0 amide bonds. The van der Waals surface area contributed by atoms with E-state index in [0.717, 1.165) is 18.6 Å². The number of hydrogen-bond acceptors (Lipinski definition) is 6. The van der Waals surface area contributed by atoms with Gasteiger partial charge in [-0.05, 0) is 66.6 Å². The summed E-state index contributed by atoms with van der Waals surface area (Å²) in [5.41, 5.74) is 2.52. The summed E-state index contributed by atoms with van der Waals surface area (Å²) in [6, 6.07) is 17.4. The molecule has 0 bridgehead atoms. The molecule has 1 aliphatic heterocycles. The Morgan fingerprint density at radius 3 is 2.56 bits per heavy atom. The number of carboxylic acids is 1. The van der Waals surface area contributed by atoms with Crippen LogP contribution in [-0.2, 0) is 24.3 Å². The minimum absolute atomic E-state index is 0.0156. The van der Waals surface area contributed by atoms with E-state index in [1.54, 1.807) is 18.2 Å². The maximum Gasteiger partial charge on any atom is 0.335 e. The van der Waals surface area contributed by atoms with Gasteiger partial charge in [-0.3, -0.25) is 0 Å². The van der Waals surface area contributed by atoms with Gasteiger partial charge in [-0.1, -0.05) is 12.1 Å². The van der Waals surface area contributed by atoms with Gasteiger partial charge >= 0.3 is 5.97 Å². The smallest absolute Gasteiger partial charge is 0.335 e. The maximum absolute atomic E-state index is 15.4. The first kappa shape index (κ1) is 27.9. The Labute approximate surface area is 243 Å². The molecule has 1 aliphatic rings. The molecule has 1 fully saturated rings. The number of hydrogen-bond donors (Lipinski definition) is 1. The van der Waals surface area contributed by atoms with Crippen molar-refractivity contribution in [2.24, 2.45) is 0 Å². The van der Waals surface area contributed by atoms with Crippen LogP contribution in [0.2, 0.25) is 0 Å². The van der Waals surface area contributed by atoms with Crippen molar-refractivity contribution in [1.29, 1.82) is 5.26 Å². The molecular weight excluding hydrogens is 561 g/mol. The van der Waals surface area contributed by atoms with Crippen molar-refractivity contribution in [2.75, 3.05) is 6.61 Å². The van der Waals surface area contributed by atoms with E-state index in [2.05, 4.69) is 4.98 Å². The second-order valence-electron chi connectivity index (χ2n) is 10.1. The van der Waals surface area contributed by atoms with Crippen molar-refractivity contribution in [1.82, 2.24) is 14.5 Å². The number of aromatic nitrogens is 3. The monoisotopic (exact) mass is 584 g/mol. The Hall–Kier alpha value is -5.21. The predicted molar refractivity (Wildman–Crippen MR) is 149 cm³/mol. The molecule has 1 saturated heterocycles. The van der Waals surface area contributed by atoms with E-state index in [0.29, 0.717) is 35.6 Å². The lowest BCUT2D eigenvalue weighted by Gasteiger charge is -2.27. The predicted octanol–water partition coefficient (Wildman–Crippen LogP) is 6.04. The van der Waals surface area contributed by atoms with Gasteiger partial charge in [0.2, 0.25) is 0 Å². The zero-order valence-corrected chi connectivity index (χ0v) is 22.6. The summed E-state index contributed by atoms with van der Waals surface area (Å²) in [4.78, 5) is 20.4. The largest absolute Gasteiger partial charge is 0.478 e. The number of rotatable bonds is 9. The van der Waals surface area contributed by atoms with E-state index in [-0.39, 0.29) is 47.1 Å². The molecule has 0 saturated carbocycles. The Morgan fingerprint density at radius 2 is 1.86 bits per heavy atom. The molecular formula is C32H23F3N4O4. The van der Waals surface area contributed by atoms with Gasteiger partial charge in [-0.25, -0.2) is 27.9 Å². The normalized spacial score (nSPS) is 14.3. The topological polar surface area (TPSA) is 110 Å². The van der Waals surface area contributed by atoms with Crippen molar-refractivity contribution in [3.8, 4) is 23.2 Å². The van der Waals surface area contributed by atoms with Crippen LogP contribution < -0.4 is 4.74 Å². The van der Waals surface area contributed by atoms with Gasteiger partial charge in [0.1, 0.15) is 24.1 Å². The van der Waals surface area contributed by atoms with Gasteiger partial charge in [-0.2, -0.15) is 5.26 Å². The zero-order valence-electron chi connectivity index (χ0n) is 22.6. The Morgan fingerprint density at radius 1 is 1.02 bits per heavy atom. The van der Waals surface area contributed by atoms with Crippen LogP contribution in [0, 0.1) is 28.8 Å². The van der Waals surface area contributed by atoms with Gasteiger partial charge in [0.25, 0.3) is 5.88 Å². The first-order chi connectivity index (χ1) is 20.8. The highest BCUT2D eigenvalue weighted by atomic mass is 19.1. The zero-order chi connectivity index (χ0) is 30.1. The SMILES string of the molecule is N#Cc1ccc(COc2nc(-c3ccc(Cc4nc5ccc(C(=O)O)cc5n4C[C@@H]4CCO4)cc3F)ccc2F)c(F)c1. The summed E-state index contributed by atoms with van der Waals surface area (Å²) in [7, 11) is 0. The number of carboxylic acid groups (broad SMARTS) is 1. The molecule has 11 heteroatoms. The van der Waals surface area contributed by atoms with Crippen LogP contribution >= 0.6 is 0 Å². The summed E-state index contributed by atoms with van der Waals surface area (Å²) in [6.45, 7) is 0.813. The standard InChI is InChI=1S/C32H23F3N4O4/c33-24-6-8-27(38-31(24)43-17-21-3-1-19(15-36)12-25(21)34)23-5-2-18(11-26(23)35)13-30-37-28-7-4-20(32(40)41)14-29(28)39(30)16-22-9-10-42-22/h1-8,11-12,14,22H,9-10,13,16-17H2,(H,40,41)/t22-/m0/s1. The molecule has 43 heavy (non-hydrogen) atoms. The number of benzene rings is 3. The molecule has 0 spiro atoms. The molecule has 6 rings (SSSR count). The summed E-state index contributed by atoms with van der Waals surface area (Å²) in [6.07, 6.45) is 1.13. The Balaban J connectivity index is 1.25. The number of aromatic carboxylic acids is 1. The lowest BCUT2D eigenvalue weighted by molar-refractivity contribution is -0.0589. The highest BCUT2D eigenvalue weighted by molar-refractivity contribution is 5.92. The van der Waals surface area contributed by atoms with E-state index in [1.807, 2.05) is 10.6 Å². The number of carbonyl (C=O) groups is 1. The molecule has 3 heterocycles. The molecule has 1 atom stereocenters. The number of imidazole rings is 1. The van der Waals surface area contributed by atoms with Gasteiger partial charge in [-0.15, -0.1) is 0 Å². The van der Waals surface area contributed by atoms with Crippen LogP contribution in [-0.4, -0.2) is 38.3 Å². The molecule has 0 radical (unpaired) electrons. The third-order valence-corrected chi connectivity index (χ3v) is 7.29. The minimum Gasteiger partial charge on any atom is -0.478 e. The molecule has 5 aromatic rings. The van der Waals surface area contributed by atoms with Crippen LogP contribution in [0.15, 0.2) is 66.7 Å². The number of nitrogens with zero attached hydrogens (tertiary/aromatic N) is 4. The maximum atomic E-state index is 15.4. The van der Waals surface area contributed by atoms with E-state index in [9.17, 15) is 18.7 Å². The fourth-order valence-electron chi connectivity index (χ4n) is 4.89. The molecule has 8 nitrogen and oxygen atoms in total. The molecule has 0 aliphatic carbocycles. The number of halogens is 3. The van der Waals surface area contributed by atoms with Crippen molar-refractivity contribution in [3.05, 3.63) is 112 Å². The number of fused-ring (bicyclic) bond motifs is 1. The van der Waals surface area contributed by atoms with Crippen molar-refractivity contribution in [3.63, 3.8) is 0 Å². The minimum atomic E-state index is -1.04. The van der Waals surface area contributed by atoms with Crippen LogP contribution in [0.25, 0.3) is 22.3 Å². The third-order valence-electron chi connectivity index (χ3n) is 7.29. The molecule has 1 N–H and O–H groups in total. The number of nitriles is 1. The second kappa shape index (κ2) is 11.6. The summed E-state index contributed by atoms with van der Waals surface area (Å²) in [5, 5.41) is 18.4. The highest BCUT2D eigenvalue weighted by Gasteiger charge is 2.23. The molecule has 3 aromatic carbocycles. The van der Waals surface area contributed by atoms with Crippen molar-refractivity contribution in [2.45, 2.75) is 32.1 Å². The van der Waals surface area contributed by atoms with Crippen LogP contribution in [0.3, 0.4) is 0 Å².